The summed E-state index contributed by atoms with van der Waals surface area (Å²) in [5.74, 6) is 0. The number of hydrogen-bond acceptors (Lipinski definition) is 1. The zero-order chi connectivity index (χ0) is 10.1. The van der Waals surface area contributed by atoms with Gasteiger partial charge in [0.2, 0.25) is 0 Å². The zero-order valence-corrected chi connectivity index (χ0v) is 9.50. The molecule has 1 nitrogen and oxygen atoms in total. The van der Waals surface area contributed by atoms with Crippen molar-refractivity contribution in [3.05, 3.63) is 33.8 Å². The molecular weight excluding hydrogens is 205 g/mol. The van der Waals surface area contributed by atoms with Crippen molar-refractivity contribution >= 4 is 23.2 Å². The standard InChI is InChI=1S/C10H13Cl2N/c1-10(2,13-3)7-4-5-8(11)9(12)6-7/h4-6,13H,1-3H3. The van der Waals surface area contributed by atoms with Gasteiger partial charge in [0.15, 0.2) is 0 Å². The van der Waals surface area contributed by atoms with Gasteiger partial charge in [-0.3, -0.25) is 0 Å². The van der Waals surface area contributed by atoms with Crippen molar-refractivity contribution in [2.45, 2.75) is 19.4 Å². The molecule has 0 saturated carbocycles. The average molecular weight is 218 g/mol. The molecule has 0 bridgehead atoms. The summed E-state index contributed by atoms with van der Waals surface area (Å²) in [4.78, 5) is 0. The van der Waals surface area contributed by atoms with E-state index in [1.807, 2.05) is 25.2 Å². The van der Waals surface area contributed by atoms with Crippen LogP contribution in [0.2, 0.25) is 10.0 Å². The normalized spacial score (nSPS) is 11.8. The van der Waals surface area contributed by atoms with Crippen molar-refractivity contribution in [3.63, 3.8) is 0 Å². The third-order valence-corrected chi connectivity index (χ3v) is 3.01. The van der Waals surface area contributed by atoms with Crippen molar-refractivity contribution in [1.29, 1.82) is 0 Å². The highest BCUT2D eigenvalue weighted by molar-refractivity contribution is 6.42. The van der Waals surface area contributed by atoms with E-state index in [0.29, 0.717) is 10.0 Å². The second kappa shape index (κ2) is 3.87. The minimum atomic E-state index is -0.0752. The topological polar surface area (TPSA) is 12.0 Å². The van der Waals surface area contributed by atoms with Crippen LogP contribution in [0.1, 0.15) is 19.4 Å². The number of rotatable bonds is 2. The van der Waals surface area contributed by atoms with Crippen molar-refractivity contribution in [2.75, 3.05) is 7.05 Å². The van der Waals surface area contributed by atoms with E-state index in [9.17, 15) is 0 Å². The van der Waals surface area contributed by atoms with Gasteiger partial charge in [-0.15, -0.1) is 0 Å². The fourth-order valence-corrected chi connectivity index (χ4v) is 1.33. The van der Waals surface area contributed by atoms with Crippen LogP contribution in [0.5, 0.6) is 0 Å². The molecule has 0 fully saturated rings. The van der Waals surface area contributed by atoms with Gasteiger partial charge in [0.05, 0.1) is 10.0 Å². The molecule has 0 aliphatic heterocycles. The molecule has 0 aromatic heterocycles. The van der Waals surface area contributed by atoms with Crippen LogP contribution in [0.15, 0.2) is 18.2 Å². The Morgan fingerprint density at radius 3 is 2.23 bits per heavy atom. The minimum absolute atomic E-state index is 0.0752. The van der Waals surface area contributed by atoms with E-state index in [4.69, 9.17) is 23.2 Å². The van der Waals surface area contributed by atoms with Crippen molar-refractivity contribution in [2.24, 2.45) is 0 Å². The van der Waals surface area contributed by atoms with Gasteiger partial charge in [0, 0.05) is 5.54 Å². The summed E-state index contributed by atoms with van der Waals surface area (Å²) in [6.07, 6.45) is 0. The first kappa shape index (κ1) is 10.8. The number of halogens is 2. The van der Waals surface area contributed by atoms with Gasteiger partial charge >= 0.3 is 0 Å². The Hall–Kier alpha value is -0.240. The van der Waals surface area contributed by atoms with Crippen LogP contribution in [0, 0.1) is 0 Å². The first-order valence-electron chi connectivity index (χ1n) is 4.12. The molecule has 0 amide bonds. The molecule has 72 valence electrons. The van der Waals surface area contributed by atoms with Gasteiger partial charge < -0.3 is 5.32 Å². The maximum Gasteiger partial charge on any atom is 0.0595 e. The van der Waals surface area contributed by atoms with E-state index in [2.05, 4.69) is 19.2 Å². The third kappa shape index (κ3) is 2.37. The zero-order valence-electron chi connectivity index (χ0n) is 7.99. The Bertz CT molecular complexity index is 308. The molecule has 1 rings (SSSR count). The van der Waals surface area contributed by atoms with Gasteiger partial charge in [-0.05, 0) is 38.6 Å². The minimum Gasteiger partial charge on any atom is -0.311 e. The van der Waals surface area contributed by atoms with Gasteiger partial charge in [-0.25, -0.2) is 0 Å². The van der Waals surface area contributed by atoms with Crippen molar-refractivity contribution in [1.82, 2.24) is 5.32 Å². The van der Waals surface area contributed by atoms with Crippen LogP contribution in [0.4, 0.5) is 0 Å². The molecule has 1 aromatic carbocycles. The van der Waals surface area contributed by atoms with Crippen molar-refractivity contribution < 1.29 is 0 Å². The molecule has 1 aromatic rings. The Morgan fingerprint density at radius 1 is 1.15 bits per heavy atom. The van der Waals surface area contributed by atoms with Gasteiger partial charge in [-0.2, -0.15) is 0 Å². The summed E-state index contributed by atoms with van der Waals surface area (Å²) in [6.45, 7) is 4.18. The summed E-state index contributed by atoms with van der Waals surface area (Å²) < 4.78 is 0. The SMILES string of the molecule is CNC(C)(C)c1ccc(Cl)c(Cl)c1. The Kier molecular flexibility index (Phi) is 3.23. The number of benzene rings is 1. The molecule has 13 heavy (non-hydrogen) atoms. The van der Waals surface area contributed by atoms with Crippen LogP contribution in [-0.2, 0) is 5.54 Å². The first-order chi connectivity index (χ1) is 5.97. The summed E-state index contributed by atoms with van der Waals surface area (Å²) in [6, 6.07) is 5.68. The predicted molar refractivity (Wildman–Crippen MR) is 58.5 cm³/mol. The van der Waals surface area contributed by atoms with Crippen molar-refractivity contribution in [3.8, 4) is 0 Å². The Labute approximate surface area is 89.0 Å². The molecule has 0 atom stereocenters. The molecule has 0 aliphatic rings. The second-order valence-corrected chi connectivity index (χ2v) is 4.32. The van der Waals surface area contributed by atoms with Gasteiger partial charge in [-0.1, -0.05) is 29.3 Å². The molecule has 0 unspecified atom stereocenters. The largest absolute Gasteiger partial charge is 0.311 e. The Balaban J connectivity index is 3.10. The van der Waals surface area contributed by atoms with E-state index in [1.165, 1.54) is 0 Å². The van der Waals surface area contributed by atoms with Gasteiger partial charge in [0.25, 0.3) is 0 Å². The fraction of sp³-hybridized carbons (Fsp3) is 0.400. The quantitative estimate of drug-likeness (QED) is 0.801. The molecule has 3 heteroatoms. The summed E-state index contributed by atoms with van der Waals surface area (Å²) >= 11 is 11.7. The maximum atomic E-state index is 5.92. The lowest BCUT2D eigenvalue weighted by molar-refractivity contribution is 0.445. The van der Waals surface area contributed by atoms with E-state index < -0.39 is 0 Å². The lowest BCUT2D eigenvalue weighted by Crippen LogP contribution is -2.32. The predicted octanol–water partition coefficient (Wildman–Crippen LogP) is 3.45. The highest BCUT2D eigenvalue weighted by atomic mass is 35.5. The molecule has 0 aliphatic carbocycles. The molecule has 0 spiro atoms. The summed E-state index contributed by atoms with van der Waals surface area (Å²) in [7, 11) is 1.92. The van der Waals surface area contributed by atoms with E-state index in [1.54, 1.807) is 0 Å². The molecule has 0 saturated heterocycles. The molecule has 0 radical (unpaired) electrons. The van der Waals surface area contributed by atoms with E-state index in [-0.39, 0.29) is 5.54 Å². The highest BCUT2D eigenvalue weighted by Gasteiger charge is 2.18. The molecule has 1 N–H and O–H groups in total. The maximum absolute atomic E-state index is 5.92. The van der Waals surface area contributed by atoms with E-state index in [0.717, 1.165) is 5.56 Å². The lowest BCUT2D eigenvalue weighted by Gasteiger charge is -2.24. The number of nitrogens with one attached hydrogen (secondary N) is 1. The summed E-state index contributed by atoms with van der Waals surface area (Å²) in [5, 5.41) is 4.40. The third-order valence-electron chi connectivity index (χ3n) is 2.27. The highest BCUT2D eigenvalue weighted by Crippen LogP contribution is 2.27. The number of hydrogen-bond donors (Lipinski definition) is 1. The van der Waals surface area contributed by atoms with Crippen LogP contribution >= 0.6 is 23.2 Å². The monoisotopic (exact) mass is 217 g/mol. The summed E-state index contributed by atoms with van der Waals surface area (Å²) in [5.41, 5.74) is 1.05. The second-order valence-electron chi connectivity index (χ2n) is 3.50. The lowest BCUT2D eigenvalue weighted by atomic mass is 9.95. The smallest absolute Gasteiger partial charge is 0.0595 e. The fourth-order valence-electron chi connectivity index (χ4n) is 1.03. The first-order valence-corrected chi connectivity index (χ1v) is 4.87. The average Bonchev–Trinajstić information content (AvgIpc) is 2.09. The van der Waals surface area contributed by atoms with Crippen LogP contribution in [0.25, 0.3) is 0 Å². The van der Waals surface area contributed by atoms with Crippen LogP contribution in [-0.4, -0.2) is 7.05 Å². The van der Waals surface area contributed by atoms with Crippen LogP contribution < -0.4 is 5.32 Å². The molecular formula is C10H13Cl2N. The van der Waals surface area contributed by atoms with Crippen LogP contribution in [0.3, 0.4) is 0 Å². The Morgan fingerprint density at radius 2 is 1.77 bits per heavy atom. The molecule has 0 heterocycles. The van der Waals surface area contributed by atoms with E-state index >= 15 is 0 Å². The van der Waals surface area contributed by atoms with Gasteiger partial charge in [0.1, 0.15) is 0 Å².